The zero-order valence-electron chi connectivity index (χ0n) is 11.6. The van der Waals surface area contributed by atoms with E-state index in [9.17, 15) is 4.79 Å². The summed E-state index contributed by atoms with van der Waals surface area (Å²) in [6.45, 7) is 11.7. The van der Waals surface area contributed by atoms with Gasteiger partial charge in [0.15, 0.2) is 6.29 Å². The van der Waals surface area contributed by atoms with Crippen LogP contribution in [0.3, 0.4) is 0 Å². The second-order valence-electron chi connectivity index (χ2n) is 4.75. The van der Waals surface area contributed by atoms with Gasteiger partial charge in [-0.05, 0) is 34.6 Å². The molecule has 0 radical (unpaired) electrons. The minimum absolute atomic E-state index is 0.0515. The summed E-state index contributed by atoms with van der Waals surface area (Å²) >= 11 is 0. The van der Waals surface area contributed by atoms with Crippen molar-refractivity contribution in [2.45, 2.75) is 46.4 Å². The highest BCUT2D eigenvalue weighted by molar-refractivity contribution is 5.78. The maximum atomic E-state index is 11.5. The van der Waals surface area contributed by atoms with Crippen LogP contribution in [0.2, 0.25) is 0 Å². The van der Waals surface area contributed by atoms with Gasteiger partial charge in [0.1, 0.15) is 0 Å². The number of hydrogen-bond acceptors (Lipinski definition) is 4. The van der Waals surface area contributed by atoms with E-state index in [-0.39, 0.29) is 17.7 Å². The molecule has 0 heterocycles. The average molecular weight is 246 g/mol. The Kier molecular flexibility index (Phi) is 8.12. The summed E-state index contributed by atoms with van der Waals surface area (Å²) in [6.07, 6.45) is -0.358. The van der Waals surface area contributed by atoms with Crippen molar-refractivity contribution in [3.05, 3.63) is 0 Å². The highest BCUT2D eigenvalue weighted by Gasteiger charge is 2.13. The molecule has 5 nitrogen and oxygen atoms in total. The summed E-state index contributed by atoms with van der Waals surface area (Å²) in [7, 11) is 0. The van der Waals surface area contributed by atoms with E-state index in [0.717, 1.165) is 0 Å². The Hall–Kier alpha value is -0.650. The van der Waals surface area contributed by atoms with Gasteiger partial charge in [0, 0.05) is 18.8 Å². The number of rotatable bonds is 8. The molecule has 0 bridgehead atoms. The predicted octanol–water partition coefficient (Wildman–Crippen LogP) is 0.890. The van der Waals surface area contributed by atoms with Crippen LogP contribution >= 0.6 is 0 Å². The molecule has 102 valence electrons. The second kappa shape index (κ2) is 8.44. The fourth-order valence-electron chi connectivity index (χ4n) is 1.14. The van der Waals surface area contributed by atoms with Crippen molar-refractivity contribution in [2.75, 3.05) is 26.3 Å². The first-order chi connectivity index (χ1) is 7.89. The van der Waals surface area contributed by atoms with Crippen molar-refractivity contribution < 1.29 is 14.3 Å². The van der Waals surface area contributed by atoms with Gasteiger partial charge in [-0.25, -0.2) is 0 Å². The minimum atomic E-state index is -0.358. The number of nitrogens with one attached hydrogen (secondary N) is 2. The molecule has 0 aromatic heterocycles. The SMILES string of the molecule is CCOC(CNC(=O)CNC(C)(C)C)OCC. The minimum Gasteiger partial charge on any atom is -0.351 e. The highest BCUT2D eigenvalue weighted by Crippen LogP contribution is 1.97. The Bertz CT molecular complexity index is 208. The third-order valence-electron chi connectivity index (χ3n) is 1.95. The molecule has 0 aromatic carbocycles. The summed E-state index contributed by atoms with van der Waals surface area (Å²) in [4.78, 5) is 11.5. The molecule has 0 unspecified atom stereocenters. The Labute approximate surface area is 104 Å². The Morgan fingerprint density at radius 2 is 1.71 bits per heavy atom. The first kappa shape index (κ1) is 16.4. The molecule has 0 aliphatic rings. The molecule has 0 aliphatic heterocycles. The summed E-state index contributed by atoms with van der Waals surface area (Å²) in [5.74, 6) is -0.0515. The smallest absolute Gasteiger partial charge is 0.234 e. The van der Waals surface area contributed by atoms with Gasteiger partial charge in [-0.15, -0.1) is 0 Å². The van der Waals surface area contributed by atoms with Gasteiger partial charge in [-0.3, -0.25) is 4.79 Å². The Morgan fingerprint density at radius 1 is 1.18 bits per heavy atom. The quantitative estimate of drug-likeness (QED) is 0.624. The normalized spacial score (nSPS) is 11.9. The van der Waals surface area contributed by atoms with Gasteiger partial charge in [0.05, 0.1) is 13.1 Å². The molecule has 0 atom stereocenters. The Morgan fingerprint density at radius 3 is 2.12 bits per heavy atom. The fraction of sp³-hybridized carbons (Fsp3) is 0.917. The maximum Gasteiger partial charge on any atom is 0.234 e. The van der Waals surface area contributed by atoms with Crippen LogP contribution in [-0.4, -0.2) is 44.0 Å². The molecule has 0 aliphatic carbocycles. The molecular formula is C12H26N2O3. The molecule has 17 heavy (non-hydrogen) atoms. The predicted molar refractivity (Wildman–Crippen MR) is 67.8 cm³/mol. The van der Waals surface area contributed by atoms with Gasteiger partial charge in [0.2, 0.25) is 5.91 Å². The summed E-state index contributed by atoms with van der Waals surface area (Å²) < 4.78 is 10.6. The number of hydrogen-bond donors (Lipinski definition) is 2. The number of carbonyl (C=O) groups excluding carboxylic acids is 1. The zero-order valence-corrected chi connectivity index (χ0v) is 11.6. The van der Waals surface area contributed by atoms with Crippen LogP contribution in [0.25, 0.3) is 0 Å². The van der Waals surface area contributed by atoms with E-state index in [4.69, 9.17) is 9.47 Å². The van der Waals surface area contributed by atoms with Crippen LogP contribution in [-0.2, 0) is 14.3 Å². The van der Waals surface area contributed by atoms with E-state index in [2.05, 4.69) is 10.6 Å². The lowest BCUT2D eigenvalue weighted by atomic mass is 10.1. The molecule has 0 rings (SSSR count). The number of ether oxygens (including phenoxy) is 2. The van der Waals surface area contributed by atoms with Crippen molar-refractivity contribution in [1.29, 1.82) is 0 Å². The molecular weight excluding hydrogens is 220 g/mol. The molecule has 5 heteroatoms. The maximum absolute atomic E-state index is 11.5. The van der Waals surface area contributed by atoms with E-state index in [1.807, 2.05) is 34.6 Å². The number of carbonyl (C=O) groups is 1. The molecule has 1 amide bonds. The van der Waals surface area contributed by atoms with Gasteiger partial charge < -0.3 is 20.1 Å². The lowest BCUT2D eigenvalue weighted by molar-refractivity contribution is -0.140. The molecule has 0 aromatic rings. The van der Waals surface area contributed by atoms with Gasteiger partial charge in [-0.2, -0.15) is 0 Å². The standard InChI is InChI=1S/C12H26N2O3/c1-6-16-11(17-7-2)9-13-10(15)8-14-12(3,4)5/h11,14H,6-9H2,1-5H3,(H,13,15). The molecule has 0 saturated heterocycles. The molecule has 0 spiro atoms. The zero-order chi connectivity index (χ0) is 13.3. The Balaban J connectivity index is 3.79. The van der Waals surface area contributed by atoms with E-state index in [1.54, 1.807) is 0 Å². The molecule has 0 fully saturated rings. The summed E-state index contributed by atoms with van der Waals surface area (Å²) in [5.41, 5.74) is -0.0589. The summed E-state index contributed by atoms with van der Waals surface area (Å²) in [5, 5.41) is 5.89. The van der Waals surface area contributed by atoms with E-state index in [0.29, 0.717) is 26.3 Å². The topological polar surface area (TPSA) is 59.6 Å². The van der Waals surface area contributed by atoms with Crippen LogP contribution in [0.4, 0.5) is 0 Å². The van der Waals surface area contributed by atoms with Crippen LogP contribution in [0.5, 0.6) is 0 Å². The first-order valence-electron chi connectivity index (χ1n) is 6.14. The van der Waals surface area contributed by atoms with Crippen molar-refractivity contribution >= 4 is 5.91 Å². The van der Waals surface area contributed by atoms with Crippen molar-refractivity contribution in [3.63, 3.8) is 0 Å². The van der Waals surface area contributed by atoms with Crippen LogP contribution in [0.15, 0.2) is 0 Å². The van der Waals surface area contributed by atoms with Crippen LogP contribution in [0, 0.1) is 0 Å². The molecule has 2 N–H and O–H groups in total. The van der Waals surface area contributed by atoms with Gasteiger partial charge in [-0.1, -0.05) is 0 Å². The van der Waals surface area contributed by atoms with E-state index >= 15 is 0 Å². The first-order valence-corrected chi connectivity index (χ1v) is 6.14. The summed E-state index contributed by atoms with van der Waals surface area (Å²) in [6, 6.07) is 0. The van der Waals surface area contributed by atoms with E-state index in [1.165, 1.54) is 0 Å². The van der Waals surface area contributed by atoms with Crippen LogP contribution in [0.1, 0.15) is 34.6 Å². The highest BCUT2D eigenvalue weighted by atomic mass is 16.7. The monoisotopic (exact) mass is 246 g/mol. The molecule has 0 saturated carbocycles. The largest absolute Gasteiger partial charge is 0.351 e. The van der Waals surface area contributed by atoms with Crippen molar-refractivity contribution in [3.8, 4) is 0 Å². The lowest BCUT2D eigenvalue weighted by Crippen LogP contribution is -2.45. The number of amides is 1. The fourth-order valence-corrected chi connectivity index (χ4v) is 1.14. The third-order valence-corrected chi connectivity index (χ3v) is 1.95. The van der Waals surface area contributed by atoms with E-state index < -0.39 is 0 Å². The third kappa shape index (κ3) is 10.2. The lowest BCUT2D eigenvalue weighted by Gasteiger charge is -2.21. The van der Waals surface area contributed by atoms with Crippen molar-refractivity contribution in [1.82, 2.24) is 10.6 Å². The van der Waals surface area contributed by atoms with Crippen LogP contribution < -0.4 is 10.6 Å². The van der Waals surface area contributed by atoms with Gasteiger partial charge in [0.25, 0.3) is 0 Å². The van der Waals surface area contributed by atoms with Crippen molar-refractivity contribution in [2.24, 2.45) is 0 Å². The second-order valence-corrected chi connectivity index (χ2v) is 4.75. The van der Waals surface area contributed by atoms with Gasteiger partial charge >= 0.3 is 0 Å². The average Bonchev–Trinajstić information content (AvgIpc) is 2.23.